The van der Waals surface area contributed by atoms with E-state index in [9.17, 15) is 4.79 Å². The summed E-state index contributed by atoms with van der Waals surface area (Å²) in [6.45, 7) is 2.36. The largest absolute Gasteiger partial charge is 0.465 e. The van der Waals surface area contributed by atoms with E-state index < -0.39 is 6.09 Å². The van der Waals surface area contributed by atoms with E-state index in [2.05, 4.69) is 15.6 Å². The molecule has 3 rings (SSSR count). The van der Waals surface area contributed by atoms with Gasteiger partial charge in [-0.3, -0.25) is 0 Å². The van der Waals surface area contributed by atoms with Crippen LogP contribution in [0.15, 0.2) is 5.38 Å². The molecule has 2 heterocycles. The zero-order chi connectivity index (χ0) is 12.8. The molecule has 1 aromatic rings. The number of aromatic nitrogens is 1. The number of halogens is 2. The molecule has 2 fully saturated rings. The molecule has 1 saturated carbocycles. The van der Waals surface area contributed by atoms with Gasteiger partial charge in [0.1, 0.15) is 10.2 Å². The van der Waals surface area contributed by atoms with Gasteiger partial charge in [0.2, 0.25) is 0 Å². The van der Waals surface area contributed by atoms with Gasteiger partial charge in [0.05, 0.1) is 0 Å². The van der Waals surface area contributed by atoms with Crippen molar-refractivity contribution in [3.05, 3.63) is 15.5 Å². The topological polar surface area (TPSA) is 74.2 Å². The normalized spacial score (nSPS) is 32.1. The van der Waals surface area contributed by atoms with Crippen LogP contribution < -0.4 is 10.6 Å². The number of rotatable bonds is 3. The van der Waals surface area contributed by atoms with E-state index in [0.717, 1.165) is 24.5 Å². The third kappa shape index (κ3) is 2.42. The number of hydrogen-bond donors (Lipinski definition) is 3. The number of carboxylic acid groups (broad SMARTS) is 1. The minimum Gasteiger partial charge on any atom is -0.465 e. The fourth-order valence-corrected chi connectivity index (χ4v) is 4.52. The fourth-order valence-electron chi connectivity index (χ4n) is 3.25. The molecule has 1 amide bonds. The SMILES string of the molecule is Cl.O=C(O)NCC1(c2nc(Cl)cs2)C2CCNCC21. The molecule has 106 valence electrons. The lowest BCUT2D eigenvalue weighted by Gasteiger charge is -2.14. The average molecular weight is 324 g/mol. The third-order valence-corrected chi connectivity index (χ3v) is 5.46. The van der Waals surface area contributed by atoms with Crippen LogP contribution in [0, 0.1) is 11.8 Å². The molecule has 1 aliphatic heterocycles. The van der Waals surface area contributed by atoms with Crippen LogP contribution in [0.25, 0.3) is 0 Å². The van der Waals surface area contributed by atoms with Crippen LogP contribution in [-0.2, 0) is 5.41 Å². The number of fused-ring (bicyclic) bond motifs is 1. The van der Waals surface area contributed by atoms with Crippen molar-refractivity contribution in [2.45, 2.75) is 11.8 Å². The van der Waals surface area contributed by atoms with Gasteiger partial charge >= 0.3 is 6.09 Å². The van der Waals surface area contributed by atoms with E-state index in [1.54, 1.807) is 0 Å². The Labute approximate surface area is 126 Å². The summed E-state index contributed by atoms with van der Waals surface area (Å²) in [6, 6.07) is 0. The first-order valence-electron chi connectivity index (χ1n) is 5.93. The molecular formula is C11H15Cl2N3O2S. The molecule has 3 N–H and O–H groups in total. The lowest BCUT2D eigenvalue weighted by molar-refractivity contribution is 0.193. The lowest BCUT2D eigenvalue weighted by Crippen LogP contribution is -2.33. The number of thiazole rings is 1. The summed E-state index contributed by atoms with van der Waals surface area (Å²) >= 11 is 7.43. The van der Waals surface area contributed by atoms with Crippen LogP contribution in [0.2, 0.25) is 5.15 Å². The lowest BCUT2D eigenvalue weighted by atomic mass is 10.0. The van der Waals surface area contributed by atoms with Gasteiger partial charge in [0, 0.05) is 17.3 Å². The maximum absolute atomic E-state index is 10.7. The quantitative estimate of drug-likeness (QED) is 0.795. The number of carbonyl (C=O) groups is 1. The molecule has 1 aromatic heterocycles. The highest BCUT2D eigenvalue weighted by Crippen LogP contribution is 2.62. The standard InChI is InChI=1S/C11H14ClN3O2S.ClH/c12-8-4-18-9(15-8)11(5-14-10(16)17)6-1-2-13-3-7(6)11;/h4,6-7,13-14H,1-3,5H2,(H,16,17);1H. The number of nitrogens with zero attached hydrogens (tertiary/aromatic N) is 1. The Kier molecular flexibility index (Phi) is 4.25. The average Bonchev–Trinajstić information content (AvgIpc) is 2.81. The molecule has 5 nitrogen and oxygen atoms in total. The van der Waals surface area contributed by atoms with Crippen LogP contribution in [-0.4, -0.2) is 35.8 Å². The molecule has 0 bridgehead atoms. The maximum Gasteiger partial charge on any atom is 0.404 e. The first kappa shape index (κ1) is 14.8. The first-order chi connectivity index (χ1) is 8.64. The van der Waals surface area contributed by atoms with E-state index in [1.165, 1.54) is 11.3 Å². The van der Waals surface area contributed by atoms with E-state index in [4.69, 9.17) is 16.7 Å². The summed E-state index contributed by atoms with van der Waals surface area (Å²) in [7, 11) is 0. The maximum atomic E-state index is 10.7. The van der Waals surface area contributed by atoms with Crippen molar-refractivity contribution < 1.29 is 9.90 Å². The molecular weight excluding hydrogens is 309 g/mol. The summed E-state index contributed by atoms with van der Waals surface area (Å²) in [5.41, 5.74) is -0.139. The van der Waals surface area contributed by atoms with Gasteiger partial charge in [-0.15, -0.1) is 23.7 Å². The zero-order valence-electron chi connectivity index (χ0n) is 10.1. The molecule has 0 spiro atoms. The number of nitrogens with one attached hydrogen (secondary N) is 2. The van der Waals surface area contributed by atoms with E-state index in [1.807, 2.05) is 5.38 Å². The van der Waals surface area contributed by atoms with Crippen molar-refractivity contribution in [1.82, 2.24) is 15.6 Å². The van der Waals surface area contributed by atoms with Crippen LogP contribution >= 0.6 is 35.3 Å². The highest BCUT2D eigenvalue weighted by atomic mass is 35.5. The van der Waals surface area contributed by atoms with Crippen LogP contribution in [0.4, 0.5) is 4.79 Å². The first-order valence-corrected chi connectivity index (χ1v) is 7.19. The summed E-state index contributed by atoms with van der Waals surface area (Å²) in [5, 5.41) is 18.0. The molecule has 19 heavy (non-hydrogen) atoms. The Bertz CT molecular complexity index is 470. The summed E-state index contributed by atoms with van der Waals surface area (Å²) in [6.07, 6.45) is 0.0945. The van der Waals surface area contributed by atoms with Crippen LogP contribution in [0.5, 0.6) is 0 Å². The third-order valence-electron chi connectivity index (χ3n) is 4.10. The van der Waals surface area contributed by atoms with E-state index in [0.29, 0.717) is 23.5 Å². The van der Waals surface area contributed by atoms with Gasteiger partial charge in [-0.1, -0.05) is 11.6 Å². The zero-order valence-corrected chi connectivity index (χ0v) is 12.4. The Morgan fingerprint density at radius 2 is 2.47 bits per heavy atom. The van der Waals surface area contributed by atoms with Crippen LogP contribution in [0.3, 0.4) is 0 Å². The Balaban J connectivity index is 0.00000133. The van der Waals surface area contributed by atoms with Crippen LogP contribution in [0.1, 0.15) is 11.4 Å². The van der Waals surface area contributed by atoms with Crippen molar-refractivity contribution in [2.75, 3.05) is 19.6 Å². The smallest absolute Gasteiger partial charge is 0.404 e. The predicted molar refractivity (Wildman–Crippen MR) is 76.5 cm³/mol. The molecule has 2 aliphatic rings. The molecule has 3 atom stereocenters. The van der Waals surface area contributed by atoms with Gasteiger partial charge in [0.15, 0.2) is 0 Å². The van der Waals surface area contributed by atoms with Crippen molar-refractivity contribution in [3.63, 3.8) is 0 Å². The monoisotopic (exact) mass is 323 g/mol. The molecule has 1 aliphatic carbocycles. The van der Waals surface area contributed by atoms with Gasteiger partial charge < -0.3 is 15.7 Å². The van der Waals surface area contributed by atoms with Crippen molar-refractivity contribution in [2.24, 2.45) is 11.8 Å². The highest BCUT2D eigenvalue weighted by Gasteiger charge is 2.67. The molecule has 0 aromatic carbocycles. The van der Waals surface area contributed by atoms with Gasteiger partial charge in [-0.05, 0) is 31.3 Å². The Morgan fingerprint density at radius 1 is 1.68 bits per heavy atom. The highest BCUT2D eigenvalue weighted by molar-refractivity contribution is 7.10. The van der Waals surface area contributed by atoms with E-state index in [-0.39, 0.29) is 17.8 Å². The Morgan fingerprint density at radius 3 is 3.00 bits per heavy atom. The number of hydrogen-bond acceptors (Lipinski definition) is 4. The molecule has 1 saturated heterocycles. The van der Waals surface area contributed by atoms with Gasteiger partial charge in [-0.25, -0.2) is 9.78 Å². The molecule has 8 heteroatoms. The predicted octanol–water partition coefficient (Wildman–Crippen LogP) is 1.96. The fraction of sp³-hybridized carbons (Fsp3) is 0.636. The number of piperidine rings is 1. The second-order valence-corrected chi connectivity index (χ2v) is 6.13. The summed E-state index contributed by atoms with van der Waals surface area (Å²) < 4.78 is 0. The van der Waals surface area contributed by atoms with Crippen molar-refractivity contribution >= 4 is 41.4 Å². The summed E-state index contributed by atoms with van der Waals surface area (Å²) in [5.74, 6) is 0.994. The number of amides is 1. The van der Waals surface area contributed by atoms with Crippen molar-refractivity contribution in [1.29, 1.82) is 0 Å². The molecule has 0 radical (unpaired) electrons. The van der Waals surface area contributed by atoms with Crippen molar-refractivity contribution in [3.8, 4) is 0 Å². The Hall–Kier alpha value is -0.560. The van der Waals surface area contributed by atoms with Gasteiger partial charge in [-0.2, -0.15) is 0 Å². The second-order valence-electron chi connectivity index (χ2n) is 4.88. The minimum atomic E-state index is -0.978. The minimum absolute atomic E-state index is 0. The molecule has 3 unspecified atom stereocenters. The van der Waals surface area contributed by atoms with Gasteiger partial charge in [0.25, 0.3) is 0 Å². The van der Waals surface area contributed by atoms with E-state index >= 15 is 0 Å². The summed E-state index contributed by atoms with van der Waals surface area (Å²) in [4.78, 5) is 15.1. The second kappa shape index (κ2) is 5.44.